The van der Waals surface area contributed by atoms with Crippen LogP contribution in [0.1, 0.15) is 34.6 Å². The van der Waals surface area contributed by atoms with Crippen molar-refractivity contribution in [3.8, 4) is 5.69 Å². The molecular formula is C26H33N5O. The van der Waals surface area contributed by atoms with Gasteiger partial charge in [-0.25, -0.2) is 4.68 Å². The summed E-state index contributed by atoms with van der Waals surface area (Å²) in [4.78, 5) is 20.6. The number of benzene rings is 2. The number of amides is 1. The van der Waals surface area contributed by atoms with Crippen molar-refractivity contribution in [3.63, 3.8) is 0 Å². The lowest BCUT2D eigenvalue weighted by Gasteiger charge is -2.42. The molecule has 6 nitrogen and oxygen atoms in total. The van der Waals surface area contributed by atoms with Crippen molar-refractivity contribution < 1.29 is 4.79 Å². The molecule has 0 radical (unpaired) electrons. The predicted octanol–water partition coefficient (Wildman–Crippen LogP) is 3.49. The number of hydrogen-bond donors (Lipinski definition) is 0. The van der Waals surface area contributed by atoms with Gasteiger partial charge in [-0.05, 0) is 81.4 Å². The predicted molar refractivity (Wildman–Crippen MR) is 129 cm³/mol. The molecule has 0 saturated carbocycles. The Hall–Kier alpha value is -2.70. The van der Waals surface area contributed by atoms with Crippen LogP contribution in [-0.4, -0.2) is 82.7 Å². The first-order valence-corrected chi connectivity index (χ1v) is 11.8. The normalized spacial score (nSPS) is 19.0. The first-order valence-electron chi connectivity index (χ1n) is 11.8. The molecule has 2 aromatic carbocycles. The fraction of sp³-hybridized carbons (Fsp3) is 0.462. The van der Waals surface area contributed by atoms with Gasteiger partial charge in [0.1, 0.15) is 5.69 Å². The summed E-state index contributed by atoms with van der Waals surface area (Å²) in [6.07, 6.45) is 2.47. The highest BCUT2D eigenvalue weighted by atomic mass is 16.2. The summed E-state index contributed by atoms with van der Waals surface area (Å²) in [5.74, 6) is 0.0844. The first-order chi connectivity index (χ1) is 15.5. The molecule has 6 heteroatoms. The summed E-state index contributed by atoms with van der Waals surface area (Å²) >= 11 is 0. The third kappa shape index (κ3) is 4.05. The van der Waals surface area contributed by atoms with E-state index in [-0.39, 0.29) is 5.91 Å². The molecule has 2 fully saturated rings. The molecule has 3 heterocycles. The van der Waals surface area contributed by atoms with E-state index < -0.39 is 0 Å². The van der Waals surface area contributed by atoms with Gasteiger partial charge in [0.2, 0.25) is 0 Å². The van der Waals surface area contributed by atoms with Gasteiger partial charge < -0.3 is 9.80 Å². The van der Waals surface area contributed by atoms with Crippen molar-refractivity contribution in [2.45, 2.75) is 32.7 Å². The molecule has 0 unspecified atom stereocenters. The zero-order chi connectivity index (χ0) is 22.2. The number of likely N-dealkylation sites (tertiary alicyclic amines) is 1. The van der Waals surface area contributed by atoms with E-state index in [1.54, 1.807) is 0 Å². The first kappa shape index (κ1) is 21.2. The summed E-state index contributed by atoms with van der Waals surface area (Å²) in [6.45, 7) is 9.89. The fourth-order valence-electron chi connectivity index (χ4n) is 5.22. The van der Waals surface area contributed by atoms with E-state index in [9.17, 15) is 4.79 Å². The maximum absolute atomic E-state index is 13.5. The van der Waals surface area contributed by atoms with Crippen molar-refractivity contribution >= 4 is 16.7 Å². The summed E-state index contributed by atoms with van der Waals surface area (Å²) in [5, 5.41) is 7.08. The lowest BCUT2D eigenvalue weighted by atomic mass is 10.0. The molecule has 0 bridgehead atoms. The standard InChI is InChI=1S/C26H33N5O/c1-19-16-21-6-4-5-7-22(21)18-24(19)31-25(17-20(2)27-31)26(32)30-14-12-29(13-15-30)23-8-10-28(3)11-9-23/h4-7,16-18,23H,8-15H2,1-3H3. The van der Waals surface area contributed by atoms with Crippen LogP contribution in [0.5, 0.6) is 0 Å². The largest absolute Gasteiger partial charge is 0.335 e. The Morgan fingerprint density at radius 2 is 1.56 bits per heavy atom. The van der Waals surface area contributed by atoms with Crippen LogP contribution in [0.3, 0.4) is 0 Å². The average molecular weight is 432 g/mol. The average Bonchev–Trinajstić information content (AvgIpc) is 3.20. The molecule has 0 aliphatic carbocycles. The highest BCUT2D eigenvalue weighted by Crippen LogP contribution is 2.25. The molecule has 2 aliphatic rings. The molecule has 168 valence electrons. The van der Waals surface area contributed by atoms with Gasteiger partial charge in [-0.3, -0.25) is 9.69 Å². The van der Waals surface area contributed by atoms with Gasteiger partial charge in [0, 0.05) is 32.2 Å². The maximum Gasteiger partial charge on any atom is 0.272 e. The summed E-state index contributed by atoms with van der Waals surface area (Å²) in [5.41, 5.74) is 3.62. The zero-order valence-electron chi connectivity index (χ0n) is 19.4. The van der Waals surface area contributed by atoms with E-state index in [1.165, 1.54) is 31.3 Å². The number of nitrogens with zero attached hydrogens (tertiary/aromatic N) is 5. The minimum absolute atomic E-state index is 0.0844. The van der Waals surface area contributed by atoms with Crippen LogP contribution >= 0.6 is 0 Å². The topological polar surface area (TPSA) is 44.6 Å². The van der Waals surface area contributed by atoms with E-state index >= 15 is 0 Å². The molecule has 5 rings (SSSR count). The molecule has 2 aliphatic heterocycles. The van der Waals surface area contributed by atoms with Gasteiger partial charge in [-0.15, -0.1) is 0 Å². The highest BCUT2D eigenvalue weighted by molar-refractivity contribution is 5.94. The van der Waals surface area contributed by atoms with Crippen molar-refractivity contribution in [2.75, 3.05) is 46.3 Å². The number of piperazine rings is 1. The Morgan fingerprint density at radius 1 is 0.906 bits per heavy atom. The van der Waals surface area contributed by atoms with Gasteiger partial charge in [-0.1, -0.05) is 24.3 Å². The molecule has 1 aromatic heterocycles. The molecule has 0 N–H and O–H groups in total. The Labute approximate surface area is 190 Å². The summed E-state index contributed by atoms with van der Waals surface area (Å²) in [7, 11) is 2.20. The molecule has 0 spiro atoms. The Morgan fingerprint density at radius 3 is 2.25 bits per heavy atom. The zero-order valence-corrected chi connectivity index (χ0v) is 19.4. The van der Waals surface area contributed by atoms with Gasteiger partial charge in [0.15, 0.2) is 0 Å². The van der Waals surface area contributed by atoms with E-state index in [0.717, 1.165) is 48.5 Å². The number of rotatable bonds is 3. The third-order valence-corrected chi connectivity index (χ3v) is 7.15. The van der Waals surface area contributed by atoms with Gasteiger partial charge in [0.05, 0.1) is 11.4 Å². The Kier molecular flexibility index (Phi) is 5.74. The van der Waals surface area contributed by atoms with E-state index in [1.807, 2.05) is 28.6 Å². The van der Waals surface area contributed by atoms with Crippen LogP contribution in [0, 0.1) is 13.8 Å². The fourth-order valence-corrected chi connectivity index (χ4v) is 5.22. The third-order valence-electron chi connectivity index (χ3n) is 7.15. The van der Waals surface area contributed by atoms with Crippen molar-refractivity contribution in [1.82, 2.24) is 24.5 Å². The smallest absolute Gasteiger partial charge is 0.272 e. The maximum atomic E-state index is 13.5. The summed E-state index contributed by atoms with van der Waals surface area (Å²) in [6, 6.07) is 15.2. The molecule has 0 atom stereocenters. The molecular weight excluding hydrogens is 398 g/mol. The highest BCUT2D eigenvalue weighted by Gasteiger charge is 2.30. The number of aromatic nitrogens is 2. The minimum Gasteiger partial charge on any atom is -0.335 e. The number of piperidine rings is 1. The molecule has 32 heavy (non-hydrogen) atoms. The van der Waals surface area contributed by atoms with Crippen LogP contribution in [0.2, 0.25) is 0 Å². The second kappa shape index (κ2) is 8.68. The number of hydrogen-bond acceptors (Lipinski definition) is 4. The second-order valence-electron chi connectivity index (χ2n) is 9.43. The van der Waals surface area contributed by atoms with E-state index in [4.69, 9.17) is 5.10 Å². The number of aryl methyl sites for hydroxylation is 2. The van der Waals surface area contributed by atoms with Crippen LogP contribution in [0.15, 0.2) is 42.5 Å². The molecule has 2 saturated heterocycles. The Bertz CT molecular complexity index is 1120. The second-order valence-corrected chi connectivity index (χ2v) is 9.43. The van der Waals surface area contributed by atoms with Gasteiger partial charge >= 0.3 is 0 Å². The monoisotopic (exact) mass is 431 g/mol. The van der Waals surface area contributed by atoms with Crippen molar-refractivity contribution in [3.05, 3.63) is 59.4 Å². The van der Waals surface area contributed by atoms with Crippen LogP contribution in [0.4, 0.5) is 0 Å². The summed E-state index contributed by atoms with van der Waals surface area (Å²) < 4.78 is 1.85. The van der Waals surface area contributed by atoms with Crippen molar-refractivity contribution in [1.29, 1.82) is 0 Å². The van der Waals surface area contributed by atoms with E-state index in [0.29, 0.717) is 11.7 Å². The number of fused-ring (bicyclic) bond motifs is 1. The minimum atomic E-state index is 0.0844. The Balaban J connectivity index is 1.35. The van der Waals surface area contributed by atoms with Crippen LogP contribution < -0.4 is 0 Å². The van der Waals surface area contributed by atoms with Crippen LogP contribution in [-0.2, 0) is 0 Å². The van der Waals surface area contributed by atoms with E-state index in [2.05, 4.69) is 54.1 Å². The van der Waals surface area contributed by atoms with Gasteiger partial charge in [-0.2, -0.15) is 5.10 Å². The SMILES string of the molecule is Cc1cc(C(=O)N2CCN(C3CCN(C)CC3)CC2)n(-c2cc3ccccc3cc2C)n1. The quantitative estimate of drug-likeness (QED) is 0.637. The molecule has 3 aromatic rings. The number of carbonyl (C=O) groups is 1. The van der Waals surface area contributed by atoms with Gasteiger partial charge in [0.25, 0.3) is 5.91 Å². The molecule has 1 amide bonds. The van der Waals surface area contributed by atoms with Crippen LogP contribution in [0.25, 0.3) is 16.5 Å². The lowest BCUT2D eigenvalue weighted by Crippen LogP contribution is -2.54. The number of carbonyl (C=O) groups excluding carboxylic acids is 1. The lowest BCUT2D eigenvalue weighted by molar-refractivity contribution is 0.0468. The van der Waals surface area contributed by atoms with Crippen molar-refractivity contribution in [2.24, 2.45) is 0 Å².